The molecule has 2 aromatic rings. The molecule has 0 amide bonds. The van der Waals surface area contributed by atoms with Crippen LogP contribution in [-0.4, -0.2) is 21.5 Å². The Hall–Kier alpha value is -1.20. The molecule has 1 aromatic carbocycles. The maximum Gasteiger partial charge on any atom is 0.199 e. The van der Waals surface area contributed by atoms with Gasteiger partial charge in [-0.25, -0.2) is 4.99 Å². The molecule has 1 heterocycles. The second-order valence-electron chi connectivity index (χ2n) is 4.79. The summed E-state index contributed by atoms with van der Waals surface area (Å²) in [6, 6.07) is 0. The molecule has 3 rings (SSSR count). The summed E-state index contributed by atoms with van der Waals surface area (Å²) in [4.78, 5) is 7.19. The lowest BCUT2D eigenvalue weighted by atomic mass is 10.0. The molecule has 0 atom stereocenters. The van der Waals surface area contributed by atoms with Crippen molar-refractivity contribution in [1.82, 2.24) is 4.98 Å². The number of benzene rings is 1. The normalized spacial score (nSPS) is 16.9. The van der Waals surface area contributed by atoms with E-state index in [1.807, 2.05) is 0 Å². The van der Waals surface area contributed by atoms with E-state index in [9.17, 15) is 5.11 Å². The van der Waals surface area contributed by atoms with Crippen molar-refractivity contribution in [3.63, 3.8) is 0 Å². The topological polar surface area (TPSA) is 72.2 Å². The lowest BCUT2D eigenvalue weighted by molar-refractivity contribution is 0.463. The van der Waals surface area contributed by atoms with Crippen LogP contribution in [0.5, 0.6) is 5.88 Å². The zero-order valence-electron chi connectivity index (χ0n) is 11.0. The van der Waals surface area contributed by atoms with Gasteiger partial charge in [0.05, 0.1) is 30.9 Å². The molecular formula is C14H9Cl4N3O. The number of halogens is 4. The SMILES string of the molecule is N=C1C=CC(=Nc2[nH]c(O)c3c(Cl)c(Cl)c(Cl)c(Cl)c23)CC1. The highest BCUT2D eigenvalue weighted by atomic mass is 35.5. The Morgan fingerprint density at radius 2 is 1.59 bits per heavy atom. The fourth-order valence-corrected chi connectivity index (χ4v) is 3.29. The van der Waals surface area contributed by atoms with Crippen molar-refractivity contribution in [2.45, 2.75) is 12.8 Å². The molecule has 0 spiro atoms. The van der Waals surface area contributed by atoms with Gasteiger partial charge in [-0.3, -0.25) is 0 Å². The van der Waals surface area contributed by atoms with Crippen LogP contribution in [0.25, 0.3) is 10.8 Å². The molecule has 8 heteroatoms. The molecule has 0 aliphatic heterocycles. The van der Waals surface area contributed by atoms with Crippen molar-refractivity contribution in [2.24, 2.45) is 4.99 Å². The van der Waals surface area contributed by atoms with E-state index in [1.165, 1.54) is 0 Å². The smallest absolute Gasteiger partial charge is 0.199 e. The average molecular weight is 377 g/mol. The molecule has 0 saturated carbocycles. The zero-order valence-corrected chi connectivity index (χ0v) is 14.0. The van der Waals surface area contributed by atoms with Crippen LogP contribution in [0.4, 0.5) is 5.82 Å². The summed E-state index contributed by atoms with van der Waals surface area (Å²) < 4.78 is 0. The third-order valence-corrected chi connectivity index (χ3v) is 5.16. The number of aliphatic imine (C=N–C) groups is 1. The van der Waals surface area contributed by atoms with Crippen molar-refractivity contribution in [2.75, 3.05) is 0 Å². The molecule has 22 heavy (non-hydrogen) atoms. The molecule has 4 nitrogen and oxygen atoms in total. The molecule has 1 aliphatic carbocycles. The number of allylic oxidation sites excluding steroid dienone is 2. The molecule has 1 aliphatic rings. The highest BCUT2D eigenvalue weighted by molar-refractivity contribution is 6.56. The molecule has 0 fully saturated rings. The maximum absolute atomic E-state index is 10.1. The van der Waals surface area contributed by atoms with Gasteiger partial charge in [-0.2, -0.15) is 0 Å². The van der Waals surface area contributed by atoms with Gasteiger partial charge < -0.3 is 15.5 Å². The number of aromatic hydroxyl groups is 1. The predicted octanol–water partition coefficient (Wildman–Crippen LogP) is 5.93. The zero-order chi connectivity index (χ0) is 16.0. The van der Waals surface area contributed by atoms with Crippen molar-refractivity contribution in [1.29, 1.82) is 5.41 Å². The summed E-state index contributed by atoms with van der Waals surface area (Å²) in [5.74, 6) is 0.179. The van der Waals surface area contributed by atoms with E-state index in [0.717, 1.165) is 5.71 Å². The van der Waals surface area contributed by atoms with Crippen molar-refractivity contribution < 1.29 is 5.11 Å². The minimum atomic E-state index is -0.174. The summed E-state index contributed by atoms with van der Waals surface area (Å²) in [5.41, 5.74) is 1.31. The van der Waals surface area contributed by atoms with Crippen LogP contribution in [-0.2, 0) is 0 Å². The third kappa shape index (κ3) is 2.50. The van der Waals surface area contributed by atoms with Gasteiger partial charge in [0.1, 0.15) is 5.82 Å². The Bertz CT molecular complexity index is 867. The molecule has 0 radical (unpaired) electrons. The molecule has 0 unspecified atom stereocenters. The Balaban J connectivity index is 2.26. The van der Waals surface area contributed by atoms with Gasteiger partial charge >= 0.3 is 0 Å². The fourth-order valence-electron chi connectivity index (χ4n) is 2.26. The standard InChI is InChI=1S/C14H9Cl4N3O/c15-9-7-8(10(16)12(18)11(9)17)14(22)21-13(7)20-6-3-1-5(19)2-4-6/h1,3,19,21-22H,2,4H2. The highest BCUT2D eigenvalue weighted by Crippen LogP contribution is 2.49. The molecular weight excluding hydrogens is 368 g/mol. The van der Waals surface area contributed by atoms with Crippen molar-refractivity contribution >= 4 is 74.4 Å². The van der Waals surface area contributed by atoms with E-state index in [0.29, 0.717) is 29.8 Å². The van der Waals surface area contributed by atoms with Crippen LogP contribution in [0.15, 0.2) is 17.1 Å². The fraction of sp³-hybridized carbons (Fsp3) is 0.143. The minimum Gasteiger partial charge on any atom is -0.494 e. The summed E-state index contributed by atoms with van der Waals surface area (Å²) in [6.07, 6.45) is 4.68. The summed E-state index contributed by atoms with van der Waals surface area (Å²) in [6.45, 7) is 0. The third-order valence-electron chi connectivity index (χ3n) is 3.36. The van der Waals surface area contributed by atoms with E-state index in [1.54, 1.807) is 12.2 Å². The van der Waals surface area contributed by atoms with Gasteiger partial charge in [-0.15, -0.1) is 0 Å². The van der Waals surface area contributed by atoms with Crippen LogP contribution in [0.3, 0.4) is 0 Å². The number of fused-ring (bicyclic) bond motifs is 1. The highest BCUT2D eigenvalue weighted by Gasteiger charge is 2.22. The molecule has 0 saturated heterocycles. The van der Waals surface area contributed by atoms with Crippen molar-refractivity contribution in [3.05, 3.63) is 32.2 Å². The lowest BCUT2D eigenvalue weighted by Crippen LogP contribution is -2.05. The summed E-state index contributed by atoms with van der Waals surface area (Å²) in [7, 11) is 0. The number of aromatic amines is 1. The monoisotopic (exact) mass is 375 g/mol. The number of nitrogens with one attached hydrogen (secondary N) is 2. The largest absolute Gasteiger partial charge is 0.494 e. The number of H-pyrrole nitrogens is 1. The molecule has 0 bridgehead atoms. The number of hydrogen-bond donors (Lipinski definition) is 3. The quantitative estimate of drug-likeness (QED) is 0.418. The number of nitrogens with zero attached hydrogens (tertiary/aromatic N) is 1. The van der Waals surface area contributed by atoms with E-state index >= 15 is 0 Å². The van der Waals surface area contributed by atoms with Gasteiger partial charge in [-0.05, 0) is 25.0 Å². The van der Waals surface area contributed by atoms with E-state index in [4.69, 9.17) is 51.8 Å². The van der Waals surface area contributed by atoms with Crippen LogP contribution in [0.2, 0.25) is 20.1 Å². The van der Waals surface area contributed by atoms with Gasteiger partial charge in [0.25, 0.3) is 0 Å². The summed E-state index contributed by atoms with van der Waals surface area (Å²) in [5, 5.41) is 18.8. The second-order valence-corrected chi connectivity index (χ2v) is 6.30. The molecule has 114 valence electrons. The first-order valence-corrected chi connectivity index (χ1v) is 7.81. The van der Waals surface area contributed by atoms with Gasteiger partial charge in [0.15, 0.2) is 5.88 Å². The Morgan fingerprint density at radius 1 is 0.955 bits per heavy atom. The van der Waals surface area contributed by atoms with Crippen LogP contribution in [0.1, 0.15) is 12.8 Å². The Labute approximate surface area is 145 Å². The van der Waals surface area contributed by atoms with Crippen molar-refractivity contribution in [3.8, 4) is 5.88 Å². The van der Waals surface area contributed by atoms with E-state index in [-0.39, 0.29) is 31.4 Å². The van der Waals surface area contributed by atoms with E-state index in [2.05, 4.69) is 9.98 Å². The number of hydrogen-bond acceptors (Lipinski definition) is 3. The van der Waals surface area contributed by atoms with Crippen LogP contribution < -0.4 is 0 Å². The van der Waals surface area contributed by atoms with Gasteiger partial charge in [0.2, 0.25) is 0 Å². The molecule has 3 N–H and O–H groups in total. The predicted molar refractivity (Wildman–Crippen MR) is 93.2 cm³/mol. The first-order valence-electron chi connectivity index (χ1n) is 6.29. The number of rotatable bonds is 1. The maximum atomic E-state index is 10.1. The number of aromatic nitrogens is 1. The molecule has 1 aromatic heterocycles. The first kappa shape index (κ1) is 15.7. The van der Waals surface area contributed by atoms with Gasteiger partial charge in [-0.1, -0.05) is 46.4 Å². The van der Waals surface area contributed by atoms with Gasteiger partial charge in [0, 0.05) is 11.4 Å². The van der Waals surface area contributed by atoms with Crippen LogP contribution in [0, 0.1) is 5.41 Å². The van der Waals surface area contributed by atoms with E-state index < -0.39 is 0 Å². The average Bonchev–Trinajstić information content (AvgIpc) is 2.81. The lowest BCUT2D eigenvalue weighted by Gasteiger charge is -2.08. The Kier molecular flexibility index (Phi) is 4.12. The Morgan fingerprint density at radius 3 is 2.18 bits per heavy atom. The summed E-state index contributed by atoms with van der Waals surface area (Å²) >= 11 is 24.5. The second kappa shape index (κ2) is 5.78. The van der Waals surface area contributed by atoms with Crippen LogP contribution >= 0.6 is 46.4 Å². The minimum absolute atomic E-state index is 0.0837. The first-order chi connectivity index (χ1) is 10.4.